The fraction of sp³-hybridized carbons (Fsp3) is 0.842. The standard InChI is InChI=1S/C57H109N2O6P/c1-6-8-10-12-14-16-17-18-19-20-21-22-23-24-25-26-27-28-29-30-31-32-33-34-35-36-37-38-39-40-41-43-45-47-49-51-57(61)58-55(54-65-66(62,63)64-53-52-59(3,4)5)56(60)50-48-46-44-42-15-13-11-9-7-2/h15,23-24,26-27,42,48,50,55-56,60H,6-14,16-22,25,28-41,43-47,49,51-54H2,1-5H3,(H-,58,61,62,63)/b24-23-,27-26-,42-15+,50-48+. The van der Waals surface area contributed by atoms with E-state index < -0.39 is 26.6 Å². The fourth-order valence-electron chi connectivity index (χ4n) is 8.08. The van der Waals surface area contributed by atoms with Crippen LogP contribution < -0.4 is 10.2 Å². The van der Waals surface area contributed by atoms with Crippen molar-refractivity contribution in [3.63, 3.8) is 0 Å². The van der Waals surface area contributed by atoms with Gasteiger partial charge >= 0.3 is 0 Å². The molecule has 0 aliphatic rings. The second-order valence-electron chi connectivity index (χ2n) is 20.3. The topological polar surface area (TPSA) is 108 Å². The summed E-state index contributed by atoms with van der Waals surface area (Å²) >= 11 is 0. The van der Waals surface area contributed by atoms with Gasteiger partial charge in [-0.1, -0.05) is 236 Å². The minimum atomic E-state index is -4.59. The summed E-state index contributed by atoms with van der Waals surface area (Å²) in [5.74, 6) is -0.209. The summed E-state index contributed by atoms with van der Waals surface area (Å²) in [5, 5.41) is 13.7. The van der Waals surface area contributed by atoms with Gasteiger partial charge in [0, 0.05) is 6.42 Å². The molecule has 0 saturated carbocycles. The van der Waals surface area contributed by atoms with Crippen molar-refractivity contribution >= 4 is 13.7 Å². The molecule has 0 aliphatic carbocycles. The summed E-state index contributed by atoms with van der Waals surface area (Å²) in [6.45, 7) is 4.58. The number of phosphoric ester groups is 1. The lowest BCUT2D eigenvalue weighted by molar-refractivity contribution is -0.870. The van der Waals surface area contributed by atoms with Crippen LogP contribution in [0.15, 0.2) is 48.6 Å². The van der Waals surface area contributed by atoms with Crippen LogP contribution in [0.2, 0.25) is 0 Å². The zero-order chi connectivity index (χ0) is 48.5. The van der Waals surface area contributed by atoms with Crippen LogP contribution in [0.5, 0.6) is 0 Å². The van der Waals surface area contributed by atoms with Crippen LogP contribution in [0.3, 0.4) is 0 Å². The summed E-state index contributed by atoms with van der Waals surface area (Å²) in [7, 11) is 1.24. The number of quaternary nitrogens is 1. The first kappa shape index (κ1) is 64.5. The summed E-state index contributed by atoms with van der Waals surface area (Å²) in [6, 6.07) is -0.901. The number of hydrogen-bond acceptors (Lipinski definition) is 6. The minimum absolute atomic E-state index is 0.00673. The highest BCUT2D eigenvalue weighted by molar-refractivity contribution is 7.45. The van der Waals surface area contributed by atoms with Crippen molar-refractivity contribution in [2.75, 3.05) is 40.9 Å². The Balaban J connectivity index is 3.91. The third-order valence-electron chi connectivity index (χ3n) is 12.5. The molecule has 0 saturated heterocycles. The number of aliphatic hydroxyl groups is 1. The lowest BCUT2D eigenvalue weighted by atomic mass is 10.0. The third-order valence-corrected chi connectivity index (χ3v) is 13.5. The van der Waals surface area contributed by atoms with Crippen molar-refractivity contribution in [2.24, 2.45) is 0 Å². The highest BCUT2D eigenvalue weighted by atomic mass is 31.2. The molecule has 2 N–H and O–H groups in total. The monoisotopic (exact) mass is 949 g/mol. The van der Waals surface area contributed by atoms with Crippen molar-refractivity contribution in [3.8, 4) is 0 Å². The van der Waals surface area contributed by atoms with E-state index in [1.54, 1.807) is 6.08 Å². The van der Waals surface area contributed by atoms with Crippen LogP contribution in [-0.4, -0.2) is 68.5 Å². The number of unbranched alkanes of at least 4 members (excludes halogenated alkanes) is 32. The second-order valence-corrected chi connectivity index (χ2v) is 21.7. The number of hydrogen-bond donors (Lipinski definition) is 2. The van der Waals surface area contributed by atoms with Crippen LogP contribution >= 0.6 is 7.82 Å². The average molecular weight is 949 g/mol. The van der Waals surface area contributed by atoms with Gasteiger partial charge in [0.25, 0.3) is 7.82 Å². The van der Waals surface area contributed by atoms with E-state index >= 15 is 0 Å². The largest absolute Gasteiger partial charge is 0.756 e. The molecular weight excluding hydrogens is 840 g/mol. The van der Waals surface area contributed by atoms with Crippen LogP contribution in [-0.2, 0) is 18.4 Å². The third kappa shape index (κ3) is 50.3. The number of allylic oxidation sites excluding steroid dienone is 7. The van der Waals surface area contributed by atoms with Gasteiger partial charge in [-0.15, -0.1) is 0 Å². The average Bonchev–Trinajstić information content (AvgIpc) is 3.28. The van der Waals surface area contributed by atoms with Gasteiger partial charge in [0.2, 0.25) is 5.91 Å². The van der Waals surface area contributed by atoms with E-state index in [-0.39, 0.29) is 12.5 Å². The zero-order valence-electron chi connectivity index (χ0n) is 44.1. The number of nitrogens with one attached hydrogen (secondary N) is 1. The Kier molecular flexibility index (Phi) is 47.4. The molecule has 3 unspecified atom stereocenters. The first-order chi connectivity index (χ1) is 32.0. The minimum Gasteiger partial charge on any atom is -0.756 e. The Morgan fingerprint density at radius 3 is 1.35 bits per heavy atom. The number of likely N-dealkylation sites (N-methyl/N-ethyl adjacent to an activating group) is 1. The highest BCUT2D eigenvalue weighted by Crippen LogP contribution is 2.38. The number of rotatable bonds is 51. The Morgan fingerprint density at radius 1 is 0.530 bits per heavy atom. The molecule has 388 valence electrons. The molecule has 9 heteroatoms. The van der Waals surface area contributed by atoms with Crippen molar-refractivity contribution in [2.45, 2.75) is 270 Å². The van der Waals surface area contributed by atoms with E-state index in [1.165, 1.54) is 193 Å². The number of phosphoric acid groups is 1. The van der Waals surface area contributed by atoms with E-state index in [2.05, 4.69) is 55.6 Å². The van der Waals surface area contributed by atoms with Crippen molar-refractivity contribution in [1.82, 2.24) is 5.32 Å². The molecule has 0 radical (unpaired) electrons. The van der Waals surface area contributed by atoms with Gasteiger partial charge in [-0.25, -0.2) is 0 Å². The van der Waals surface area contributed by atoms with E-state index in [9.17, 15) is 19.4 Å². The van der Waals surface area contributed by atoms with Crippen LogP contribution in [0, 0.1) is 0 Å². The van der Waals surface area contributed by atoms with Gasteiger partial charge < -0.3 is 28.8 Å². The van der Waals surface area contributed by atoms with Gasteiger partial charge in [-0.05, 0) is 64.2 Å². The van der Waals surface area contributed by atoms with E-state index in [4.69, 9.17) is 9.05 Å². The van der Waals surface area contributed by atoms with Gasteiger partial charge in [0.1, 0.15) is 13.2 Å². The molecule has 0 aromatic carbocycles. The molecular formula is C57H109N2O6P. The predicted octanol–water partition coefficient (Wildman–Crippen LogP) is 16.1. The van der Waals surface area contributed by atoms with Crippen molar-refractivity contribution in [1.29, 1.82) is 0 Å². The van der Waals surface area contributed by atoms with Crippen LogP contribution in [0.25, 0.3) is 0 Å². The van der Waals surface area contributed by atoms with Gasteiger partial charge in [0.05, 0.1) is 39.9 Å². The number of amides is 1. The molecule has 0 aliphatic heterocycles. The number of aliphatic hydroxyl groups excluding tert-OH is 1. The maximum Gasteiger partial charge on any atom is 0.268 e. The molecule has 1 amide bonds. The summed E-state index contributed by atoms with van der Waals surface area (Å²) in [6.07, 6.45) is 63.7. The lowest BCUT2D eigenvalue weighted by Gasteiger charge is -2.29. The summed E-state index contributed by atoms with van der Waals surface area (Å²) in [4.78, 5) is 25.3. The molecule has 3 atom stereocenters. The zero-order valence-corrected chi connectivity index (χ0v) is 45.0. The SMILES string of the molecule is CCCCC/C=C/CC/C=C/C(O)C(COP(=O)([O-])OCC[N+](C)(C)C)NC(=O)CCCCCCCCCCCCCCCCCCC/C=C\C/C=C\CCCCCCCCCCCCC. The molecule has 0 aromatic heterocycles. The Morgan fingerprint density at radius 2 is 0.894 bits per heavy atom. The molecule has 8 nitrogen and oxygen atoms in total. The number of carbonyl (C=O) groups excluding carboxylic acids is 1. The molecule has 0 heterocycles. The molecule has 0 fully saturated rings. The number of nitrogens with zero attached hydrogens (tertiary/aromatic N) is 1. The second kappa shape index (κ2) is 48.5. The molecule has 0 bridgehead atoms. The maximum atomic E-state index is 12.9. The van der Waals surface area contributed by atoms with Crippen LogP contribution in [0.1, 0.15) is 258 Å². The quantitative estimate of drug-likeness (QED) is 0.0272. The molecule has 66 heavy (non-hydrogen) atoms. The smallest absolute Gasteiger partial charge is 0.268 e. The van der Waals surface area contributed by atoms with Crippen molar-refractivity contribution in [3.05, 3.63) is 48.6 Å². The first-order valence-corrected chi connectivity index (χ1v) is 29.5. The summed E-state index contributed by atoms with van der Waals surface area (Å²) in [5.41, 5.74) is 0. The molecule has 0 spiro atoms. The van der Waals surface area contributed by atoms with Crippen molar-refractivity contribution < 1.29 is 32.9 Å². The maximum absolute atomic E-state index is 12.9. The fourth-order valence-corrected chi connectivity index (χ4v) is 8.81. The molecule has 0 rings (SSSR count). The predicted molar refractivity (Wildman–Crippen MR) is 284 cm³/mol. The van der Waals surface area contributed by atoms with Gasteiger partial charge in [0.15, 0.2) is 0 Å². The Labute approximate surface area is 409 Å². The first-order valence-electron chi connectivity index (χ1n) is 28.0. The van der Waals surface area contributed by atoms with Gasteiger partial charge in [-0.3, -0.25) is 9.36 Å². The van der Waals surface area contributed by atoms with Crippen LogP contribution in [0.4, 0.5) is 0 Å². The van der Waals surface area contributed by atoms with Gasteiger partial charge in [-0.2, -0.15) is 0 Å². The Hall–Kier alpha value is -1.54. The summed E-state index contributed by atoms with van der Waals surface area (Å²) < 4.78 is 23.2. The van der Waals surface area contributed by atoms with E-state index in [0.717, 1.165) is 44.9 Å². The molecule has 0 aromatic rings. The normalized spacial score (nSPS) is 14.3. The Bertz CT molecular complexity index is 1210. The highest BCUT2D eigenvalue weighted by Gasteiger charge is 2.23. The number of carbonyl (C=O) groups is 1. The van der Waals surface area contributed by atoms with E-state index in [0.29, 0.717) is 17.4 Å². The lowest BCUT2D eigenvalue weighted by Crippen LogP contribution is -2.45. The van der Waals surface area contributed by atoms with E-state index in [1.807, 2.05) is 27.2 Å².